The molecule has 1 aromatic carbocycles. The summed E-state index contributed by atoms with van der Waals surface area (Å²) in [4.78, 5) is 6.76. The molecule has 7 nitrogen and oxygen atoms in total. The molecular formula is C18H26N4O3S2. The predicted octanol–water partition coefficient (Wildman–Crippen LogP) is 2.25. The molecule has 0 amide bonds. The minimum atomic E-state index is -3.17. The quantitative estimate of drug-likeness (QED) is 0.697. The molecule has 2 heterocycles. The summed E-state index contributed by atoms with van der Waals surface area (Å²) in [7, 11) is -1.52. The van der Waals surface area contributed by atoms with E-state index in [4.69, 9.17) is 4.74 Å². The molecule has 9 heteroatoms. The van der Waals surface area contributed by atoms with E-state index in [1.807, 2.05) is 38.1 Å². The van der Waals surface area contributed by atoms with Crippen molar-refractivity contribution in [3.63, 3.8) is 0 Å². The van der Waals surface area contributed by atoms with Gasteiger partial charge in [-0.1, -0.05) is 26.0 Å². The zero-order chi connectivity index (χ0) is 19.4. The number of methoxy groups -OCH3 is 1. The number of piperazine rings is 1. The Kier molecular flexibility index (Phi) is 6.33. The lowest BCUT2D eigenvalue weighted by Crippen LogP contribution is -2.49. The maximum absolute atomic E-state index is 12.4. The van der Waals surface area contributed by atoms with Gasteiger partial charge in [-0.2, -0.15) is 8.68 Å². The number of aromatic nitrogens is 2. The standard InChI is InChI=1S/C18H26N4O3S2/c1-14(2)13-27(23,24)22-9-7-21(8-10-22)18-19-17(20-26-18)12-15-5-4-6-16(11-15)25-3/h4-6,11,14H,7-10,12-13H2,1-3H3. The van der Waals surface area contributed by atoms with Crippen LogP contribution in [0.3, 0.4) is 0 Å². The van der Waals surface area contributed by atoms with Crippen molar-refractivity contribution >= 4 is 26.7 Å². The van der Waals surface area contributed by atoms with Crippen molar-refractivity contribution < 1.29 is 13.2 Å². The van der Waals surface area contributed by atoms with Crippen molar-refractivity contribution in [1.29, 1.82) is 0 Å². The molecule has 2 aromatic rings. The summed E-state index contributed by atoms with van der Waals surface area (Å²) in [5.41, 5.74) is 1.10. The monoisotopic (exact) mass is 410 g/mol. The maximum atomic E-state index is 12.4. The van der Waals surface area contributed by atoms with Crippen molar-refractivity contribution in [2.24, 2.45) is 5.92 Å². The third-order valence-electron chi connectivity index (χ3n) is 4.40. The van der Waals surface area contributed by atoms with Gasteiger partial charge in [0.1, 0.15) is 11.6 Å². The van der Waals surface area contributed by atoms with Crippen LogP contribution >= 0.6 is 11.5 Å². The molecule has 3 rings (SSSR count). The fourth-order valence-corrected chi connectivity index (χ4v) is 5.60. The number of ether oxygens (including phenoxy) is 1. The summed E-state index contributed by atoms with van der Waals surface area (Å²) < 4.78 is 36.1. The first-order valence-electron chi connectivity index (χ1n) is 9.05. The Hall–Kier alpha value is -1.71. The minimum Gasteiger partial charge on any atom is -0.497 e. The summed E-state index contributed by atoms with van der Waals surface area (Å²) in [5, 5.41) is 0.855. The zero-order valence-corrected chi connectivity index (χ0v) is 17.6. The van der Waals surface area contributed by atoms with Gasteiger partial charge in [0.05, 0.1) is 12.9 Å². The Bertz CT molecular complexity index is 859. The van der Waals surface area contributed by atoms with Crippen LogP contribution in [0.2, 0.25) is 0 Å². The van der Waals surface area contributed by atoms with Crippen LogP contribution in [0.25, 0.3) is 0 Å². The Balaban J connectivity index is 1.59. The Labute approximate surface area is 165 Å². The molecule has 0 spiro atoms. The number of sulfonamides is 1. The molecule has 0 aliphatic carbocycles. The molecule has 1 saturated heterocycles. The van der Waals surface area contributed by atoms with Gasteiger partial charge < -0.3 is 9.64 Å². The van der Waals surface area contributed by atoms with E-state index in [1.54, 1.807) is 11.4 Å². The summed E-state index contributed by atoms with van der Waals surface area (Å²) in [6.45, 7) is 6.15. The van der Waals surface area contributed by atoms with E-state index in [0.29, 0.717) is 32.6 Å². The second-order valence-electron chi connectivity index (χ2n) is 7.08. The van der Waals surface area contributed by atoms with Gasteiger partial charge in [0.25, 0.3) is 0 Å². The van der Waals surface area contributed by atoms with Crippen LogP contribution in [-0.4, -0.2) is 61.1 Å². The van der Waals surface area contributed by atoms with E-state index in [-0.39, 0.29) is 11.7 Å². The highest BCUT2D eigenvalue weighted by molar-refractivity contribution is 7.89. The molecule has 1 aliphatic rings. The van der Waals surface area contributed by atoms with Crippen LogP contribution in [0, 0.1) is 5.92 Å². The summed E-state index contributed by atoms with van der Waals surface area (Å²) >= 11 is 1.37. The smallest absolute Gasteiger partial charge is 0.214 e. The number of anilines is 1. The number of hydrogen-bond acceptors (Lipinski definition) is 7. The molecule has 1 fully saturated rings. The lowest BCUT2D eigenvalue weighted by molar-refractivity contribution is 0.381. The van der Waals surface area contributed by atoms with E-state index < -0.39 is 10.0 Å². The Morgan fingerprint density at radius 2 is 1.96 bits per heavy atom. The second kappa shape index (κ2) is 8.53. The van der Waals surface area contributed by atoms with Gasteiger partial charge in [-0.15, -0.1) is 0 Å². The molecule has 1 aliphatic heterocycles. The van der Waals surface area contributed by atoms with Crippen LogP contribution < -0.4 is 9.64 Å². The summed E-state index contributed by atoms with van der Waals surface area (Å²) in [6, 6.07) is 7.88. The average Bonchev–Trinajstić information content (AvgIpc) is 3.09. The van der Waals surface area contributed by atoms with Gasteiger partial charge in [-0.05, 0) is 23.6 Å². The van der Waals surface area contributed by atoms with Crippen LogP contribution in [0.1, 0.15) is 25.2 Å². The topological polar surface area (TPSA) is 75.6 Å². The second-order valence-corrected chi connectivity index (χ2v) is 9.82. The van der Waals surface area contributed by atoms with Crippen LogP contribution in [0.4, 0.5) is 5.13 Å². The third-order valence-corrected chi connectivity index (χ3v) is 7.45. The van der Waals surface area contributed by atoms with Gasteiger partial charge in [0, 0.05) is 44.1 Å². The van der Waals surface area contributed by atoms with Crippen LogP contribution in [0.15, 0.2) is 24.3 Å². The number of nitrogens with zero attached hydrogens (tertiary/aromatic N) is 4. The van der Waals surface area contributed by atoms with Gasteiger partial charge in [-0.3, -0.25) is 0 Å². The van der Waals surface area contributed by atoms with E-state index in [0.717, 1.165) is 22.3 Å². The molecule has 0 radical (unpaired) electrons. The molecule has 0 saturated carbocycles. The number of rotatable bonds is 7. The molecule has 0 atom stereocenters. The summed E-state index contributed by atoms with van der Waals surface area (Å²) in [5.74, 6) is 1.94. The zero-order valence-electron chi connectivity index (χ0n) is 16.0. The first-order valence-corrected chi connectivity index (χ1v) is 11.4. The fourth-order valence-electron chi connectivity index (χ4n) is 3.09. The van der Waals surface area contributed by atoms with Crippen molar-refractivity contribution in [1.82, 2.24) is 13.7 Å². The van der Waals surface area contributed by atoms with Gasteiger partial charge >= 0.3 is 0 Å². The molecule has 1 aromatic heterocycles. The molecule has 148 valence electrons. The molecular weight excluding hydrogens is 384 g/mol. The normalized spacial score (nSPS) is 16.1. The predicted molar refractivity (Wildman–Crippen MR) is 108 cm³/mol. The van der Waals surface area contributed by atoms with Crippen LogP contribution in [-0.2, 0) is 16.4 Å². The first kappa shape index (κ1) is 20.0. The van der Waals surface area contributed by atoms with Crippen molar-refractivity contribution in [3.05, 3.63) is 35.7 Å². The van der Waals surface area contributed by atoms with Crippen LogP contribution in [0.5, 0.6) is 5.75 Å². The first-order chi connectivity index (χ1) is 12.9. The van der Waals surface area contributed by atoms with Crippen molar-refractivity contribution in [2.75, 3.05) is 43.9 Å². The van der Waals surface area contributed by atoms with Gasteiger partial charge in [0.2, 0.25) is 15.2 Å². The van der Waals surface area contributed by atoms with E-state index in [2.05, 4.69) is 14.3 Å². The highest BCUT2D eigenvalue weighted by Gasteiger charge is 2.28. The van der Waals surface area contributed by atoms with E-state index >= 15 is 0 Å². The number of benzene rings is 1. The Morgan fingerprint density at radius 1 is 1.22 bits per heavy atom. The van der Waals surface area contributed by atoms with Gasteiger partial charge in [-0.25, -0.2) is 13.4 Å². The molecule has 0 unspecified atom stereocenters. The average molecular weight is 411 g/mol. The lowest BCUT2D eigenvalue weighted by atomic mass is 10.1. The molecule has 0 bridgehead atoms. The van der Waals surface area contributed by atoms with E-state index in [9.17, 15) is 8.42 Å². The Morgan fingerprint density at radius 3 is 2.63 bits per heavy atom. The van der Waals surface area contributed by atoms with Crippen molar-refractivity contribution in [2.45, 2.75) is 20.3 Å². The largest absolute Gasteiger partial charge is 0.497 e. The molecule has 0 N–H and O–H groups in total. The minimum absolute atomic E-state index is 0.135. The van der Waals surface area contributed by atoms with Crippen molar-refractivity contribution in [3.8, 4) is 5.75 Å². The highest BCUT2D eigenvalue weighted by Crippen LogP contribution is 2.22. The fraction of sp³-hybridized carbons (Fsp3) is 0.556. The lowest BCUT2D eigenvalue weighted by Gasteiger charge is -2.33. The highest BCUT2D eigenvalue weighted by atomic mass is 32.2. The molecule has 27 heavy (non-hydrogen) atoms. The maximum Gasteiger partial charge on any atom is 0.214 e. The van der Waals surface area contributed by atoms with Gasteiger partial charge in [0.15, 0.2) is 0 Å². The summed E-state index contributed by atoms with van der Waals surface area (Å²) in [6.07, 6.45) is 0.649. The SMILES string of the molecule is COc1cccc(Cc2nsc(N3CCN(S(=O)(=O)CC(C)C)CC3)n2)c1. The third kappa shape index (κ3) is 5.18. The van der Waals surface area contributed by atoms with E-state index in [1.165, 1.54) is 11.5 Å². The number of hydrogen-bond donors (Lipinski definition) is 0.